The largest absolute Gasteiger partial charge is 0.484 e. The van der Waals surface area contributed by atoms with Gasteiger partial charge in [0.15, 0.2) is 6.61 Å². The molecule has 184 valence electrons. The van der Waals surface area contributed by atoms with Crippen molar-refractivity contribution in [3.63, 3.8) is 0 Å². The molecule has 1 unspecified atom stereocenters. The number of halogens is 3. The Morgan fingerprint density at radius 1 is 1.14 bits per heavy atom. The molecule has 2 amide bonds. The number of nitriles is 1. The number of hydrogen-bond donors (Lipinski definition) is 1. The molecule has 4 rings (SSSR count). The van der Waals surface area contributed by atoms with E-state index in [1.807, 2.05) is 11.0 Å². The van der Waals surface area contributed by atoms with Crippen LogP contribution in [0.5, 0.6) is 5.75 Å². The van der Waals surface area contributed by atoms with Crippen LogP contribution in [-0.2, 0) is 15.8 Å². The number of benzene rings is 2. The minimum absolute atomic E-state index is 0.221. The van der Waals surface area contributed by atoms with Gasteiger partial charge in [0.05, 0.1) is 17.2 Å². The van der Waals surface area contributed by atoms with E-state index in [4.69, 9.17) is 15.7 Å². The molecule has 35 heavy (non-hydrogen) atoms. The molecule has 2 aliphatic rings. The lowest BCUT2D eigenvalue weighted by molar-refractivity contribution is -0.139. The summed E-state index contributed by atoms with van der Waals surface area (Å²) < 4.78 is 45.7. The number of likely N-dealkylation sites (tertiary alicyclic amines) is 1. The highest BCUT2D eigenvalue weighted by Crippen LogP contribution is 2.44. The molecule has 0 aliphatic carbocycles. The van der Waals surface area contributed by atoms with E-state index in [0.717, 1.165) is 6.07 Å². The molecule has 2 aliphatic heterocycles. The smallest absolute Gasteiger partial charge is 0.417 e. The molecule has 0 bridgehead atoms. The summed E-state index contributed by atoms with van der Waals surface area (Å²) in [7, 11) is 0. The van der Waals surface area contributed by atoms with Gasteiger partial charge in [-0.05, 0) is 55.0 Å². The molecule has 0 saturated carbocycles. The Morgan fingerprint density at radius 3 is 2.43 bits per heavy atom. The third kappa shape index (κ3) is 5.19. The van der Waals surface area contributed by atoms with Crippen LogP contribution in [0, 0.1) is 16.7 Å². The molecule has 2 saturated heterocycles. The number of ether oxygens (including phenoxy) is 1. The van der Waals surface area contributed by atoms with E-state index in [2.05, 4.69) is 0 Å². The van der Waals surface area contributed by atoms with Crippen LogP contribution in [0.2, 0.25) is 0 Å². The number of para-hydroxylation sites is 1. The van der Waals surface area contributed by atoms with E-state index >= 15 is 0 Å². The number of anilines is 1. The zero-order valence-electron chi connectivity index (χ0n) is 18.9. The van der Waals surface area contributed by atoms with Gasteiger partial charge >= 0.3 is 6.18 Å². The second-order valence-electron chi connectivity index (χ2n) is 9.07. The maximum absolute atomic E-state index is 13.4. The van der Waals surface area contributed by atoms with Gasteiger partial charge in [0, 0.05) is 25.3 Å². The number of nitrogens with zero attached hydrogens (tertiary/aromatic N) is 3. The first-order valence-electron chi connectivity index (χ1n) is 11.2. The number of carbonyl (C=O) groups excluding carboxylic acids is 2. The van der Waals surface area contributed by atoms with Crippen LogP contribution in [0.3, 0.4) is 0 Å². The monoisotopic (exact) mass is 486 g/mol. The predicted octanol–water partition coefficient (Wildman–Crippen LogP) is 3.33. The lowest BCUT2D eigenvalue weighted by atomic mass is 9.76. The van der Waals surface area contributed by atoms with Gasteiger partial charge in [0.25, 0.3) is 5.91 Å². The van der Waals surface area contributed by atoms with Crippen LogP contribution in [-0.4, -0.2) is 49.0 Å². The average Bonchev–Trinajstić information content (AvgIpc) is 3.22. The molecule has 2 N–H and O–H groups in total. The third-order valence-corrected chi connectivity index (χ3v) is 6.88. The summed E-state index contributed by atoms with van der Waals surface area (Å²) in [6, 6.07) is 13.4. The van der Waals surface area contributed by atoms with Crippen molar-refractivity contribution in [1.82, 2.24) is 4.90 Å². The minimum Gasteiger partial charge on any atom is -0.484 e. The van der Waals surface area contributed by atoms with Crippen LogP contribution in [0.15, 0.2) is 48.5 Å². The van der Waals surface area contributed by atoms with Gasteiger partial charge in [-0.15, -0.1) is 0 Å². The number of amides is 2. The SMILES string of the molecule is N#Cc1ccc(N2CCC3(CC2)CC(C(N)=O)N(C(=O)COc2ccccc2)C3)cc1C(F)(F)F. The summed E-state index contributed by atoms with van der Waals surface area (Å²) >= 11 is 0. The van der Waals surface area contributed by atoms with E-state index in [-0.39, 0.29) is 17.9 Å². The van der Waals surface area contributed by atoms with E-state index in [0.29, 0.717) is 50.3 Å². The normalized spacial score (nSPS) is 19.4. The molecule has 2 fully saturated rings. The maximum Gasteiger partial charge on any atom is 0.417 e. The van der Waals surface area contributed by atoms with Crippen LogP contribution in [0.1, 0.15) is 30.4 Å². The molecule has 0 aromatic heterocycles. The fourth-order valence-corrected chi connectivity index (χ4v) is 4.98. The lowest BCUT2D eigenvalue weighted by Gasteiger charge is -2.40. The zero-order valence-corrected chi connectivity index (χ0v) is 18.9. The average molecular weight is 486 g/mol. The molecule has 2 heterocycles. The number of hydrogen-bond acceptors (Lipinski definition) is 5. The number of carbonyl (C=O) groups is 2. The summed E-state index contributed by atoms with van der Waals surface area (Å²) in [5.74, 6) is -0.377. The van der Waals surface area contributed by atoms with Gasteiger partial charge in [-0.2, -0.15) is 18.4 Å². The van der Waals surface area contributed by atoms with Gasteiger partial charge in [0.2, 0.25) is 5.91 Å². The van der Waals surface area contributed by atoms with Crippen molar-refractivity contribution in [2.75, 3.05) is 31.1 Å². The van der Waals surface area contributed by atoms with Crippen molar-refractivity contribution >= 4 is 17.5 Å². The number of piperidine rings is 1. The summed E-state index contributed by atoms with van der Waals surface area (Å²) in [6.45, 7) is 1.03. The second kappa shape index (κ2) is 9.49. The van der Waals surface area contributed by atoms with E-state index in [1.54, 1.807) is 30.3 Å². The van der Waals surface area contributed by atoms with E-state index in [1.165, 1.54) is 17.0 Å². The fourth-order valence-electron chi connectivity index (χ4n) is 4.98. The second-order valence-corrected chi connectivity index (χ2v) is 9.07. The van der Waals surface area contributed by atoms with Gasteiger partial charge in [-0.25, -0.2) is 0 Å². The molecule has 2 aromatic carbocycles. The topological polar surface area (TPSA) is 99.7 Å². The van der Waals surface area contributed by atoms with Crippen molar-refractivity contribution in [2.24, 2.45) is 11.1 Å². The Morgan fingerprint density at radius 2 is 1.83 bits per heavy atom. The number of alkyl halides is 3. The first kappa shape index (κ1) is 24.4. The number of rotatable bonds is 5. The van der Waals surface area contributed by atoms with Crippen molar-refractivity contribution < 1.29 is 27.5 Å². The van der Waals surface area contributed by atoms with Crippen molar-refractivity contribution in [3.05, 3.63) is 59.7 Å². The molecule has 0 radical (unpaired) electrons. The Hall–Kier alpha value is -3.74. The molecular formula is C25H25F3N4O3. The van der Waals surface area contributed by atoms with Gasteiger partial charge in [-0.3, -0.25) is 9.59 Å². The van der Waals surface area contributed by atoms with Crippen LogP contribution in [0.4, 0.5) is 18.9 Å². The van der Waals surface area contributed by atoms with Crippen LogP contribution in [0.25, 0.3) is 0 Å². The van der Waals surface area contributed by atoms with Gasteiger partial charge in [-0.1, -0.05) is 18.2 Å². The summed E-state index contributed by atoms with van der Waals surface area (Å²) in [6.07, 6.45) is -3.04. The Balaban J connectivity index is 1.44. The van der Waals surface area contributed by atoms with E-state index < -0.39 is 29.3 Å². The predicted molar refractivity (Wildman–Crippen MR) is 121 cm³/mol. The molecule has 7 nitrogen and oxygen atoms in total. The molecule has 2 aromatic rings. The summed E-state index contributed by atoms with van der Waals surface area (Å²) in [5.41, 5.74) is 4.28. The number of primary amides is 1. The van der Waals surface area contributed by atoms with Crippen molar-refractivity contribution in [1.29, 1.82) is 5.26 Å². The van der Waals surface area contributed by atoms with Crippen molar-refractivity contribution in [2.45, 2.75) is 31.5 Å². The molecule has 1 atom stereocenters. The lowest BCUT2D eigenvalue weighted by Crippen LogP contribution is -2.46. The summed E-state index contributed by atoms with van der Waals surface area (Å²) in [5, 5.41) is 9.02. The van der Waals surface area contributed by atoms with Gasteiger partial charge in [0.1, 0.15) is 11.8 Å². The fraction of sp³-hybridized carbons (Fsp3) is 0.400. The standard InChI is InChI=1S/C25H25F3N4O3/c26-25(27,28)20-12-18(7-6-17(20)14-29)31-10-8-24(9-11-31)13-21(23(30)34)32(16-24)22(33)15-35-19-4-2-1-3-5-19/h1-7,12,21H,8-11,13,15-16H2,(H2,30,34). The summed E-state index contributed by atoms with van der Waals surface area (Å²) in [4.78, 5) is 28.3. The maximum atomic E-state index is 13.4. The van der Waals surface area contributed by atoms with Crippen molar-refractivity contribution in [3.8, 4) is 11.8 Å². The molecule has 1 spiro atoms. The van der Waals surface area contributed by atoms with Crippen LogP contribution < -0.4 is 15.4 Å². The van der Waals surface area contributed by atoms with Crippen LogP contribution >= 0.6 is 0 Å². The highest BCUT2D eigenvalue weighted by atomic mass is 19.4. The highest BCUT2D eigenvalue weighted by molar-refractivity contribution is 5.88. The quantitative estimate of drug-likeness (QED) is 0.699. The molecular weight excluding hydrogens is 461 g/mol. The first-order chi connectivity index (χ1) is 16.6. The zero-order chi connectivity index (χ0) is 25.2. The molecule has 10 heteroatoms. The Kier molecular flexibility index (Phi) is 6.61. The highest BCUT2D eigenvalue weighted by Gasteiger charge is 2.49. The first-order valence-corrected chi connectivity index (χ1v) is 11.2. The van der Waals surface area contributed by atoms with Gasteiger partial charge < -0.3 is 20.3 Å². The Bertz CT molecular complexity index is 1140. The Labute approximate surface area is 200 Å². The minimum atomic E-state index is -4.62. The van der Waals surface area contributed by atoms with E-state index in [9.17, 15) is 22.8 Å². The third-order valence-electron chi connectivity index (χ3n) is 6.88. The number of nitrogens with two attached hydrogens (primary N) is 1.